The van der Waals surface area contributed by atoms with Crippen LogP contribution in [0.1, 0.15) is 30.1 Å². The van der Waals surface area contributed by atoms with E-state index in [2.05, 4.69) is 15.9 Å². The molecule has 1 saturated carbocycles. The van der Waals surface area contributed by atoms with Crippen LogP contribution in [0.4, 0.5) is 0 Å². The first-order valence-electron chi connectivity index (χ1n) is 6.53. The van der Waals surface area contributed by atoms with Crippen LogP contribution in [0.25, 0.3) is 0 Å². The second-order valence-corrected chi connectivity index (χ2v) is 6.28. The molecule has 104 valence electrons. The van der Waals surface area contributed by atoms with Crippen molar-refractivity contribution in [1.29, 1.82) is 0 Å². The summed E-state index contributed by atoms with van der Waals surface area (Å²) in [5.74, 6) is 0.851. The highest BCUT2D eigenvalue weighted by Crippen LogP contribution is 2.32. The lowest BCUT2D eigenvalue weighted by Crippen LogP contribution is -2.01. The van der Waals surface area contributed by atoms with E-state index < -0.39 is 6.10 Å². The van der Waals surface area contributed by atoms with E-state index in [-0.39, 0.29) is 0 Å². The van der Waals surface area contributed by atoms with Crippen LogP contribution in [0, 0.1) is 0 Å². The fraction of sp³-hybridized carbons (Fsp3) is 0.250. The number of ether oxygens (including phenoxy) is 1. The Hall–Kier alpha value is -1.03. The molecule has 1 aliphatic carbocycles. The number of rotatable bonds is 4. The molecule has 1 aliphatic rings. The van der Waals surface area contributed by atoms with Crippen molar-refractivity contribution in [2.75, 3.05) is 0 Å². The van der Waals surface area contributed by atoms with Crippen LogP contribution >= 0.6 is 27.5 Å². The first kappa shape index (κ1) is 13.9. The summed E-state index contributed by atoms with van der Waals surface area (Å²) in [5.41, 5.74) is 1.49. The smallest absolute Gasteiger partial charge is 0.119 e. The van der Waals surface area contributed by atoms with E-state index in [9.17, 15) is 5.11 Å². The van der Waals surface area contributed by atoms with Gasteiger partial charge in [-0.3, -0.25) is 0 Å². The summed E-state index contributed by atoms with van der Waals surface area (Å²) >= 11 is 9.54. The molecule has 0 bridgehead atoms. The van der Waals surface area contributed by atoms with Crippen molar-refractivity contribution in [1.82, 2.24) is 0 Å². The number of aliphatic hydroxyl groups is 1. The molecular weight excluding hydrogens is 340 g/mol. The van der Waals surface area contributed by atoms with Gasteiger partial charge >= 0.3 is 0 Å². The minimum absolute atomic E-state index is 0.380. The van der Waals surface area contributed by atoms with E-state index in [1.165, 1.54) is 0 Å². The lowest BCUT2D eigenvalue weighted by atomic mass is 10.0. The first-order valence-corrected chi connectivity index (χ1v) is 7.70. The molecule has 4 heteroatoms. The van der Waals surface area contributed by atoms with Gasteiger partial charge in [0.2, 0.25) is 0 Å². The average Bonchev–Trinajstić information content (AvgIpc) is 3.26. The Labute approximate surface area is 131 Å². The second-order valence-electron chi connectivity index (χ2n) is 4.95. The van der Waals surface area contributed by atoms with Gasteiger partial charge in [-0.1, -0.05) is 39.7 Å². The van der Waals surface area contributed by atoms with Crippen molar-refractivity contribution in [3.63, 3.8) is 0 Å². The molecule has 0 aromatic heterocycles. The van der Waals surface area contributed by atoms with Crippen molar-refractivity contribution >= 4 is 27.5 Å². The molecule has 1 fully saturated rings. The number of benzene rings is 2. The average molecular weight is 354 g/mol. The van der Waals surface area contributed by atoms with Crippen molar-refractivity contribution < 1.29 is 9.84 Å². The fourth-order valence-electron chi connectivity index (χ4n) is 2.01. The van der Waals surface area contributed by atoms with Gasteiger partial charge in [-0.25, -0.2) is 0 Å². The highest BCUT2D eigenvalue weighted by atomic mass is 79.9. The Morgan fingerprint density at radius 3 is 2.50 bits per heavy atom. The molecule has 3 rings (SSSR count). The Bertz CT molecular complexity index is 608. The molecule has 0 radical (unpaired) electrons. The molecule has 1 N–H and O–H groups in total. The quantitative estimate of drug-likeness (QED) is 0.861. The summed E-state index contributed by atoms with van der Waals surface area (Å²) in [7, 11) is 0. The summed E-state index contributed by atoms with van der Waals surface area (Å²) in [6.07, 6.45) is 1.91. The van der Waals surface area contributed by atoms with Gasteiger partial charge in [-0.05, 0) is 48.7 Å². The standard InChI is InChI=1S/C16H14BrClO2/c17-11-3-8-15(18)14(9-11)16(19)10-1-4-12(5-2-10)20-13-6-7-13/h1-5,8-9,13,16,19H,6-7H2. The van der Waals surface area contributed by atoms with Crippen LogP contribution in [-0.2, 0) is 0 Å². The highest BCUT2D eigenvalue weighted by Gasteiger charge is 2.23. The summed E-state index contributed by atoms with van der Waals surface area (Å²) in [6.45, 7) is 0. The normalized spacial score (nSPS) is 15.9. The minimum atomic E-state index is -0.741. The highest BCUT2D eigenvalue weighted by molar-refractivity contribution is 9.10. The summed E-state index contributed by atoms with van der Waals surface area (Å²) in [4.78, 5) is 0. The molecule has 0 amide bonds. The van der Waals surface area contributed by atoms with Gasteiger partial charge in [0, 0.05) is 15.1 Å². The third kappa shape index (κ3) is 3.17. The zero-order chi connectivity index (χ0) is 14.1. The van der Waals surface area contributed by atoms with Crippen LogP contribution in [0.5, 0.6) is 5.75 Å². The first-order chi connectivity index (χ1) is 9.63. The second kappa shape index (κ2) is 5.76. The van der Waals surface area contributed by atoms with Crippen LogP contribution in [-0.4, -0.2) is 11.2 Å². The zero-order valence-electron chi connectivity index (χ0n) is 10.7. The zero-order valence-corrected chi connectivity index (χ0v) is 13.1. The van der Waals surface area contributed by atoms with Gasteiger partial charge in [-0.15, -0.1) is 0 Å². The van der Waals surface area contributed by atoms with Gasteiger partial charge in [-0.2, -0.15) is 0 Å². The van der Waals surface area contributed by atoms with E-state index >= 15 is 0 Å². The molecule has 2 nitrogen and oxygen atoms in total. The summed E-state index contributed by atoms with van der Waals surface area (Å²) in [5, 5.41) is 11.0. The van der Waals surface area contributed by atoms with Gasteiger partial charge in [0.15, 0.2) is 0 Å². The SMILES string of the molecule is OC(c1ccc(OC2CC2)cc1)c1cc(Br)ccc1Cl. The fourth-order valence-corrected chi connectivity index (χ4v) is 2.61. The van der Waals surface area contributed by atoms with Crippen molar-refractivity contribution in [2.24, 2.45) is 0 Å². The van der Waals surface area contributed by atoms with E-state index in [0.717, 1.165) is 28.6 Å². The molecular formula is C16H14BrClO2. The van der Waals surface area contributed by atoms with Crippen molar-refractivity contribution in [3.05, 3.63) is 63.1 Å². The maximum Gasteiger partial charge on any atom is 0.119 e. The maximum atomic E-state index is 10.4. The van der Waals surface area contributed by atoms with Crippen molar-refractivity contribution in [3.8, 4) is 5.75 Å². The van der Waals surface area contributed by atoms with Gasteiger partial charge in [0.25, 0.3) is 0 Å². The van der Waals surface area contributed by atoms with Gasteiger partial charge < -0.3 is 9.84 Å². The Morgan fingerprint density at radius 2 is 1.85 bits per heavy atom. The number of halogens is 2. The van der Waals surface area contributed by atoms with Crippen LogP contribution in [0.3, 0.4) is 0 Å². The minimum Gasteiger partial charge on any atom is -0.490 e. The Kier molecular flexibility index (Phi) is 4.01. The van der Waals surface area contributed by atoms with Gasteiger partial charge in [0.1, 0.15) is 11.9 Å². The lowest BCUT2D eigenvalue weighted by molar-refractivity contribution is 0.220. The number of aliphatic hydroxyl groups excluding tert-OH is 1. The molecule has 2 aromatic rings. The van der Waals surface area contributed by atoms with Crippen molar-refractivity contribution in [2.45, 2.75) is 25.0 Å². The topological polar surface area (TPSA) is 29.5 Å². The predicted octanol–water partition coefficient (Wildman–Crippen LogP) is 4.73. The lowest BCUT2D eigenvalue weighted by Gasteiger charge is -2.14. The Balaban J connectivity index is 1.81. The van der Waals surface area contributed by atoms with E-state index in [4.69, 9.17) is 16.3 Å². The number of hydrogen-bond acceptors (Lipinski definition) is 2. The summed E-state index contributed by atoms with van der Waals surface area (Å²) in [6, 6.07) is 13.0. The molecule has 2 aromatic carbocycles. The van der Waals surface area contributed by atoms with Crippen LogP contribution < -0.4 is 4.74 Å². The molecule has 20 heavy (non-hydrogen) atoms. The summed E-state index contributed by atoms with van der Waals surface area (Å²) < 4.78 is 6.59. The molecule has 0 heterocycles. The van der Waals surface area contributed by atoms with Crippen LogP contribution in [0.2, 0.25) is 5.02 Å². The molecule has 1 unspecified atom stereocenters. The van der Waals surface area contributed by atoms with E-state index in [0.29, 0.717) is 16.7 Å². The van der Waals surface area contributed by atoms with Crippen LogP contribution in [0.15, 0.2) is 46.9 Å². The Morgan fingerprint density at radius 1 is 1.15 bits per heavy atom. The van der Waals surface area contributed by atoms with E-state index in [1.54, 1.807) is 6.07 Å². The van der Waals surface area contributed by atoms with E-state index in [1.807, 2.05) is 36.4 Å². The third-order valence-electron chi connectivity index (χ3n) is 3.28. The molecule has 0 saturated heterocycles. The predicted molar refractivity (Wildman–Crippen MR) is 83.3 cm³/mol. The maximum absolute atomic E-state index is 10.4. The molecule has 0 spiro atoms. The molecule has 0 aliphatic heterocycles. The monoisotopic (exact) mass is 352 g/mol. The third-order valence-corrected chi connectivity index (χ3v) is 4.11. The largest absolute Gasteiger partial charge is 0.490 e. The molecule has 1 atom stereocenters. The van der Waals surface area contributed by atoms with Gasteiger partial charge in [0.05, 0.1) is 6.10 Å². The number of hydrogen-bond donors (Lipinski definition) is 1.